The maximum absolute atomic E-state index is 12.5. The number of nitrogens with one attached hydrogen (secondary N) is 3. The van der Waals surface area contributed by atoms with E-state index in [9.17, 15) is 9.59 Å². The number of aryl methyl sites for hydroxylation is 1. The first-order chi connectivity index (χ1) is 13.0. The van der Waals surface area contributed by atoms with Crippen molar-refractivity contribution in [2.24, 2.45) is 0 Å². The van der Waals surface area contributed by atoms with Crippen LogP contribution < -0.4 is 16.0 Å². The third-order valence-corrected chi connectivity index (χ3v) is 3.88. The summed E-state index contributed by atoms with van der Waals surface area (Å²) >= 11 is 0. The predicted molar refractivity (Wildman–Crippen MR) is 107 cm³/mol. The minimum Gasteiger partial charge on any atom is -0.355 e. The zero-order valence-corrected chi connectivity index (χ0v) is 15.1. The molecule has 0 spiro atoms. The molecule has 0 bridgehead atoms. The monoisotopic (exact) mass is 360 g/mol. The second-order valence-electron chi connectivity index (χ2n) is 6.08. The van der Waals surface area contributed by atoms with Gasteiger partial charge >= 0.3 is 0 Å². The molecule has 0 aliphatic carbocycles. The number of amides is 2. The number of para-hydroxylation sites is 1. The van der Waals surface area contributed by atoms with Crippen LogP contribution in [0.4, 0.5) is 22.7 Å². The lowest BCUT2D eigenvalue weighted by atomic mass is 10.2. The molecular formula is C21H20N4O2. The summed E-state index contributed by atoms with van der Waals surface area (Å²) in [6.45, 7) is 3.40. The SMILES string of the molecule is CC(=O)Nc1ccc(Nc2ccnc(C(=O)Nc3ccccc3C)c2)cc1. The Morgan fingerprint density at radius 2 is 1.56 bits per heavy atom. The first-order valence-corrected chi connectivity index (χ1v) is 8.49. The molecule has 0 aliphatic heterocycles. The molecule has 6 heteroatoms. The van der Waals surface area contributed by atoms with E-state index in [-0.39, 0.29) is 11.8 Å². The molecule has 136 valence electrons. The Morgan fingerprint density at radius 1 is 0.852 bits per heavy atom. The topological polar surface area (TPSA) is 83.1 Å². The molecule has 27 heavy (non-hydrogen) atoms. The minimum absolute atomic E-state index is 0.117. The van der Waals surface area contributed by atoms with Crippen molar-refractivity contribution in [3.8, 4) is 0 Å². The molecule has 0 aliphatic rings. The first kappa shape index (κ1) is 18.1. The molecule has 3 aromatic rings. The van der Waals surface area contributed by atoms with Crippen molar-refractivity contribution in [3.63, 3.8) is 0 Å². The van der Waals surface area contributed by atoms with E-state index in [2.05, 4.69) is 20.9 Å². The van der Waals surface area contributed by atoms with Crippen LogP contribution in [-0.2, 0) is 4.79 Å². The second kappa shape index (κ2) is 8.14. The highest BCUT2D eigenvalue weighted by Gasteiger charge is 2.10. The Balaban J connectivity index is 1.70. The molecule has 2 amide bonds. The number of carbonyl (C=O) groups excluding carboxylic acids is 2. The third-order valence-electron chi connectivity index (χ3n) is 3.88. The summed E-state index contributed by atoms with van der Waals surface area (Å²) in [5.41, 5.74) is 4.36. The summed E-state index contributed by atoms with van der Waals surface area (Å²) in [6, 6.07) is 18.4. The van der Waals surface area contributed by atoms with Gasteiger partial charge < -0.3 is 16.0 Å². The molecule has 0 radical (unpaired) electrons. The van der Waals surface area contributed by atoms with Crippen molar-refractivity contribution in [1.29, 1.82) is 0 Å². The molecular weight excluding hydrogens is 340 g/mol. The van der Waals surface area contributed by atoms with E-state index in [1.54, 1.807) is 30.5 Å². The molecule has 1 aromatic heterocycles. The van der Waals surface area contributed by atoms with Gasteiger partial charge in [-0.25, -0.2) is 0 Å². The van der Waals surface area contributed by atoms with Gasteiger partial charge in [-0.3, -0.25) is 14.6 Å². The van der Waals surface area contributed by atoms with Gasteiger partial charge in [-0.05, 0) is 55.0 Å². The highest BCUT2D eigenvalue weighted by Crippen LogP contribution is 2.20. The molecule has 0 saturated carbocycles. The highest BCUT2D eigenvalue weighted by molar-refractivity contribution is 6.03. The fourth-order valence-electron chi connectivity index (χ4n) is 2.54. The average Bonchev–Trinajstić information content (AvgIpc) is 2.65. The predicted octanol–water partition coefficient (Wildman–Crippen LogP) is 4.34. The van der Waals surface area contributed by atoms with E-state index >= 15 is 0 Å². The van der Waals surface area contributed by atoms with Crippen LogP contribution >= 0.6 is 0 Å². The molecule has 3 rings (SSSR count). The van der Waals surface area contributed by atoms with Crippen molar-refractivity contribution < 1.29 is 9.59 Å². The number of hydrogen-bond acceptors (Lipinski definition) is 4. The highest BCUT2D eigenvalue weighted by atomic mass is 16.2. The Hall–Kier alpha value is -3.67. The molecule has 0 saturated heterocycles. The standard InChI is InChI=1S/C21H20N4O2/c1-14-5-3-4-6-19(14)25-21(27)20-13-18(11-12-22-20)24-17-9-7-16(8-10-17)23-15(2)26/h3-13H,1-2H3,(H,22,24)(H,23,26)(H,25,27). The Labute approximate surface area is 157 Å². The summed E-state index contributed by atoms with van der Waals surface area (Å²) in [6.07, 6.45) is 1.58. The van der Waals surface area contributed by atoms with Gasteiger partial charge in [0.25, 0.3) is 5.91 Å². The number of rotatable bonds is 5. The molecule has 6 nitrogen and oxygen atoms in total. The zero-order chi connectivity index (χ0) is 19.2. The van der Waals surface area contributed by atoms with Crippen LogP contribution in [0.25, 0.3) is 0 Å². The summed E-state index contributed by atoms with van der Waals surface area (Å²) in [5, 5.41) is 8.81. The molecule has 0 atom stereocenters. The van der Waals surface area contributed by atoms with Crippen LogP contribution in [0.5, 0.6) is 0 Å². The zero-order valence-electron chi connectivity index (χ0n) is 15.1. The van der Waals surface area contributed by atoms with Gasteiger partial charge in [0, 0.05) is 35.9 Å². The van der Waals surface area contributed by atoms with Crippen LogP contribution in [0.15, 0.2) is 66.9 Å². The van der Waals surface area contributed by atoms with E-state index in [1.165, 1.54) is 6.92 Å². The molecule has 1 heterocycles. The maximum atomic E-state index is 12.5. The Kier molecular flexibility index (Phi) is 5.47. The van der Waals surface area contributed by atoms with Crippen LogP contribution in [0.2, 0.25) is 0 Å². The van der Waals surface area contributed by atoms with Gasteiger partial charge in [-0.2, -0.15) is 0 Å². The van der Waals surface area contributed by atoms with E-state index in [0.29, 0.717) is 5.69 Å². The number of benzene rings is 2. The Morgan fingerprint density at radius 3 is 2.26 bits per heavy atom. The number of carbonyl (C=O) groups is 2. The smallest absolute Gasteiger partial charge is 0.274 e. The number of nitrogens with zero attached hydrogens (tertiary/aromatic N) is 1. The Bertz CT molecular complexity index is 968. The summed E-state index contributed by atoms with van der Waals surface area (Å²) in [7, 11) is 0. The summed E-state index contributed by atoms with van der Waals surface area (Å²) in [4.78, 5) is 27.7. The van der Waals surface area contributed by atoms with Gasteiger partial charge in [0.1, 0.15) is 5.69 Å². The second-order valence-corrected chi connectivity index (χ2v) is 6.08. The van der Waals surface area contributed by atoms with E-state index in [0.717, 1.165) is 28.3 Å². The normalized spacial score (nSPS) is 10.1. The fraction of sp³-hybridized carbons (Fsp3) is 0.0952. The van der Waals surface area contributed by atoms with E-state index in [4.69, 9.17) is 0 Å². The van der Waals surface area contributed by atoms with Gasteiger partial charge in [-0.15, -0.1) is 0 Å². The van der Waals surface area contributed by atoms with Gasteiger partial charge in [0.15, 0.2) is 0 Å². The van der Waals surface area contributed by atoms with Gasteiger partial charge in [0.2, 0.25) is 5.91 Å². The lowest BCUT2D eigenvalue weighted by Gasteiger charge is -2.10. The lowest BCUT2D eigenvalue weighted by Crippen LogP contribution is -2.14. The van der Waals surface area contributed by atoms with Crippen molar-refractivity contribution >= 4 is 34.6 Å². The molecule has 3 N–H and O–H groups in total. The molecule has 0 unspecified atom stereocenters. The number of hydrogen-bond donors (Lipinski definition) is 3. The quantitative estimate of drug-likeness (QED) is 0.632. The van der Waals surface area contributed by atoms with Crippen LogP contribution in [-0.4, -0.2) is 16.8 Å². The van der Waals surface area contributed by atoms with Crippen LogP contribution in [0, 0.1) is 6.92 Å². The van der Waals surface area contributed by atoms with Gasteiger partial charge in [0.05, 0.1) is 0 Å². The van der Waals surface area contributed by atoms with Crippen molar-refractivity contribution in [2.45, 2.75) is 13.8 Å². The van der Waals surface area contributed by atoms with E-state index in [1.807, 2.05) is 43.3 Å². The number of anilines is 4. The fourth-order valence-corrected chi connectivity index (χ4v) is 2.54. The third kappa shape index (κ3) is 4.92. The van der Waals surface area contributed by atoms with Crippen molar-refractivity contribution in [3.05, 3.63) is 78.1 Å². The number of pyridine rings is 1. The van der Waals surface area contributed by atoms with Crippen LogP contribution in [0.1, 0.15) is 23.0 Å². The lowest BCUT2D eigenvalue weighted by molar-refractivity contribution is -0.114. The van der Waals surface area contributed by atoms with Crippen molar-refractivity contribution in [2.75, 3.05) is 16.0 Å². The van der Waals surface area contributed by atoms with Gasteiger partial charge in [-0.1, -0.05) is 18.2 Å². The van der Waals surface area contributed by atoms with Crippen LogP contribution in [0.3, 0.4) is 0 Å². The average molecular weight is 360 g/mol. The largest absolute Gasteiger partial charge is 0.355 e. The number of aromatic nitrogens is 1. The molecule has 0 fully saturated rings. The van der Waals surface area contributed by atoms with E-state index < -0.39 is 0 Å². The summed E-state index contributed by atoms with van der Waals surface area (Å²) in [5.74, 6) is -0.386. The maximum Gasteiger partial charge on any atom is 0.274 e. The first-order valence-electron chi connectivity index (χ1n) is 8.49. The molecule has 2 aromatic carbocycles. The summed E-state index contributed by atoms with van der Waals surface area (Å²) < 4.78 is 0. The van der Waals surface area contributed by atoms with Crippen molar-refractivity contribution in [1.82, 2.24) is 4.98 Å². The minimum atomic E-state index is -0.269.